The minimum atomic E-state index is -0.525. The van der Waals surface area contributed by atoms with Gasteiger partial charge in [-0.25, -0.2) is 0 Å². The standard InChI is InChI=1S/C19H20O5.C4H10.C2H6/c1-12-4-5-15(17(22)11-23-3)9-19(12)24-18-7-6-14(8-13(18)2)16(21)10-20;1-3-4-2;1-2/h4-9,20H,10-11H2,1-3H3;3-4H2,1-2H3;1-2H3. The number of carbonyl (C=O) groups excluding carboxylic acids is 2. The average Bonchev–Trinajstić information content (AvgIpc) is 2.77. The Labute approximate surface area is 181 Å². The molecule has 30 heavy (non-hydrogen) atoms. The number of unbranched alkanes of at least 4 members (excludes halogenated alkanes) is 1. The Bertz CT molecular complexity index is 794. The molecule has 2 rings (SSSR count). The normalized spacial score (nSPS) is 9.60. The number of Topliss-reactive ketones (excluding diaryl/α,β-unsaturated/α-hetero) is 2. The Balaban J connectivity index is 0.00000125. The second-order valence-corrected chi connectivity index (χ2v) is 6.50. The van der Waals surface area contributed by atoms with Gasteiger partial charge in [0.15, 0.2) is 11.6 Å². The van der Waals surface area contributed by atoms with E-state index in [0.29, 0.717) is 22.6 Å². The first-order valence-electron chi connectivity index (χ1n) is 10.4. The third-order valence-corrected chi connectivity index (χ3v) is 4.15. The molecule has 0 fully saturated rings. The SMILES string of the molecule is CC.CCCC.COCC(=O)c1ccc(C)c(Oc2ccc(C(=O)CO)cc2C)c1. The molecule has 0 radical (unpaired) electrons. The number of hydrogen-bond acceptors (Lipinski definition) is 5. The van der Waals surface area contributed by atoms with E-state index in [9.17, 15) is 9.59 Å². The fraction of sp³-hybridized carbons (Fsp3) is 0.440. The molecule has 166 valence electrons. The highest BCUT2D eigenvalue weighted by Crippen LogP contribution is 2.29. The van der Waals surface area contributed by atoms with Crippen LogP contribution in [0, 0.1) is 13.8 Å². The van der Waals surface area contributed by atoms with Gasteiger partial charge in [0.25, 0.3) is 0 Å². The Hall–Kier alpha value is -2.50. The monoisotopic (exact) mass is 416 g/mol. The van der Waals surface area contributed by atoms with Crippen LogP contribution in [0.3, 0.4) is 0 Å². The zero-order valence-electron chi connectivity index (χ0n) is 19.4. The van der Waals surface area contributed by atoms with Gasteiger partial charge in [0.05, 0.1) is 0 Å². The van der Waals surface area contributed by atoms with Crippen molar-refractivity contribution in [2.75, 3.05) is 20.3 Å². The van der Waals surface area contributed by atoms with Gasteiger partial charge < -0.3 is 14.6 Å². The van der Waals surface area contributed by atoms with Crippen molar-refractivity contribution in [3.63, 3.8) is 0 Å². The summed E-state index contributed by atoms with van der Waals surface area (Å²) >= 11 is 0. The van der Waals surface area contributed by atoms with Gasteiger partial charge in [0, 0.05) is 18.2 Å². The molecule has 2 aromatic rings. The lowest BCUT2D eigenvalue weighted by molar-refractivity contribution is 0.0847. The molecule has 0 aromatic heterocycles. The number of carbonyl (C=O) groups is 2. The lowest BCUT2D eigenvalue weighted by atomic mass is 10.1. The molecule has 0 spiro atoms. The van der Waals surface area contributed by atoms with Gasteiger partial charge in [0.1, 0.15) is 24.7 Å². The van der Waals surface area contributed by atoms with Crippen LogP contribution in [0.2, 0.25) is 0 Å². The van der Waals surface area contributed by atoms with Crippen molar-refractivity contribution in [3.05, 3.63) is 58.7 Å². The molecule has 0 aliphatic rings. The van der Waals surface area contributed by atoms with Crippen LogP contribution < -0.4 is 4.74 Å². The van der Waals surface area contributed by atoms with E-state index >= 15 is 0 Å². The van der Waals surface area contributed by atoms with E-state index in [-0.39, 0.29) is 18.2 Å². The summed E-state index contributed by atoms with van der Waals surface area (Å²) < 4.78 is 10.8. The molecule has 2 aromatic carbocycles. The van der Waals surface area contributed by atoms with Gasteiger partial charge in [-0.2, -0.15) is 0 Å². The summed E-state index contributed by atoms with van der Waals surface area (Å²) in [5, 5.41) is 8.92. The first kappa shape index (κ1) is 27.5. The Morgan fingerprint density at radius 1 is 0.833 bits per heavy atom. The molecule has 0 saturated carbocycles. The smallest absolute Gasteiger partial charge is 0.188 e. The summed E-state index contributed by atoms with van der Waals surface area (Å²) in [5.74, 6) is 0.696. The molecular formula is C25H36O5. The summed E-state index contributed by atoms with van der Waals surface area (Å²) in [6.45, 7) is 11.6. The molecule has 0 amide bonds. The van der Waals surface area contributed by atoms with Gasteiger partial charge in [-0.05, 0) is 49.2 Å². The highest BCUT2D eigenvalue weighted by atomic mass is 16.5. The van der Waals surface area contributed by atoms with E-state index in [0.717, 1.165) is 11.1 Å². The van der Waals surface area contributed by atoms with Crippen molar-refractivity contribution in [1.29, 1.82) is 0 Å². The van der Waals surface area contributed by atoms with Crippen LogP contribution in [-0.4, -0.2) is 37.0 Å². The van der Waals surface area contributed by atoms with Crippen molar-refractivity contribution < 1.29 is 24.2 Å². The second kappa shape index (κ2) is 15.4. The predicted octanol–water partition coefficient (Wildman–Crippen LogP) is 5.93. The third-order valence-electron chi connectivity index (χ3n) is 4.15. The highest BCUT2D eigenvalue weighted by Gasteiger charge is 2.12. The largest absolute Gasteiger partial charge is 0.457 e. The molecular weight excluding hydrogens is 380 g/mol. The lowest BCUT2D eigenvalue weighted by Crippen LogP contribution is -2.07. The Morgan fingerprint density at radius 2 is 1.40 bits per heavy atom. The molecule has 5 heteroatoms. The molecule has 0 aliphatic heterocycles. The Morgan fingerprint density at radius 3 is 1.90 bits per heavy atom. The number of aliphatic hydroxyl groups excluding tert-OH is 1. The van der Waals surface area contributed by atoms with Crippen LogP contribution in [0.5, 0.6) is 11.5 Å². The number of aliphatic hydroxyl groups is 1. The number of ketones is 2. The van der Waals surface area contributed by atoms with Crippen LogP contribution in [0.15, 0.2) is 36.4 Å². The van der Waals surface area contributed by atoms with Crippen LogP contribution in [0.1, 0.15) is 72.4 Å². The zero-order chi connectivity index (χ0) is 23.1. The van der Waals surface area contributed by atoms with Crippen molar-refractivity contribution in [2.24, 2.45) is 0 Å². The average molecular weight is 417 g/mol. The van der Waals surface area contributed by atoms with E-state index in [2.05, 4.69) is 13.8 Å². The van der Waals surface area contributed by atoms with Gasteiger partial charge in [0.2, 0.25) is 0 Å². The number of rotatable bonds is 8. The number of aryl methyl sites for hydroxylation is 2. The summed E-state index contributed by atoms with van der Waals surface area (Å²) in [6.07, 6.45) is 2.64. The third kappa shape index (κ3) is 8.89. The fourth-order valence-electron chi connectivity index (χ4n) is 2.25. The number of benzene rings is 2. The van der Waals surface area contributed by atoms with E-state index in [1.165, 1.54) is 20.0 Å². The van der Waals surface area contributed by atoms with Crippen LogP contribution in [0.25, 0.3) is 0 Å². The van der Waals surface area contributed by atoms with E-state index in [1.807, 2.05) is 33.8 Å². The predicted molar refractivity (Wildman–Crippen MR) is 122 cm³/mol. The van der Waals surface area contributed by atoms with Crippen molar-refractivity contribution in [2.45, 2.75) is 54.4 Å². The maximum Gasteiger partial charge on any atom is 0.188 e. The molecule has 1 N–H and O–H groups in total. The van der Waals surface area contributed by atoms with E-state index < -0.39 is 6.61 Å². The van der Waals surface area contributed by atoms with Crippen LogP contribution >= 0.6 is 0 Å². The summed E-state index contributed by atoms with van der Waals surface area (Å²) in [5.41, 5.74) is 2.60. The zero-order valence-corrected chi connectivity index (χ0v) is 19.4. The number of ether oxygens (including phenoxy) is 2. The first-order valence-corrected chi connectivity index (χ1v) is 10.4. The van der Waals surface area contributed by atoms with Crippen molar-refractivity contribution in [1.82, 2.24) is 0 Å². The maximum absolute atomic E-state index is 11.9. The fourth-order valence-corrected chi connectivity index (χ4v) is 2.25. The molecule has 0 saturated heterocycles. The molecule has 0 heterocycles. The van der Waals surface area contributed by atoms with Gasteiger partial charge in [-0.15, -0.1) is 0 Å². The van der Waals surface area contributed by atoms with Gasteiger partial charge in [-0.3, -0.25) is 9.59 Å². The molecule has 5 nitrogen and oxygen atoms in total. The molecule has 0 bridgehead atoms. The quantitative estimate of drug-likeness (QED) is 0.540. The summed E-state index contributed by atoms with van der Waals surface area (Å²) in [7, 11) is 1.47. The topological polar surface area (TPSA) is 72.8 Å². The second-order valence-electron chi connectivity index (χ2n) is 6.50. The van der Waals surface area contributed by atoms with E-state index in [1.54, 1.807) is 30.3 Å². The molecule has 0 atom stereocenters. The Kier molecular flexibility index (Phi) is 14.1. The molecule has 0 aliphatic carbocycles. The highest BCUT2D eigenvalue weighted by molar-refractivity contribution is 5.98. The van der Waals surface area contributed by atoms with E-state index in [4.69, 9.17) is 14.6 Å². The summed E-state index contributed by atoms with van der Waals surface area (Å²) in [4.78, 5) is 23.5. The van der Waals surface area contributed by atoms with Crippen molar-refractivity contribution in [3.8, 4) is 11.5 Å². The van der Waals surface area contributed by atoms with Crippen LogP contribution in [0.4, 0.5) is 0 Å². The number of hydrogen-bond donors (Lipinski definition) is 1. The lowest BCUT2D eigenvalue weighted by Gasteiger charge is -2.13. The minimum Gasteiger partial charge on any atom is -0.457 e. The van der Waals surface area contributed by atoms with Crippen LogP contribution in [-0.2, 0) is 4.74 Å². The maximum atomic E-state index is 11.9. The minimum absolute atomic E-state index is 0.0134. The number of methoxy groups -OCH3 is 1. The molecule has 0 unspecified atom stereocenters. The van der Waals surface area contributed by atoms with Crippen molar-refractivity contribution >= 4 is 11.6 Å². The van der Waals surface area contributed by atoms with Gasteiger partial charge >= 0.3 is 0 Å². The van der Waals surface area contributed by atoms with Gasteiger partial charge in [-0.1, -0.05) is 52.7 Å². The first-order chi connectivity index (χ1) is 14.4. The summed E-state index contributed by atoms with van der Waals surface area (Å²) in [6, 6.07) is 10.2.